The molecule has 0 saturated carbocycles. The van der Waals surface area contributed by atoms with Gasteiger partial charge in [0.1, 0.15) is 5.69 Å². The molecule has 4 N–H and O–H groups in total. The molecule has 9 nitrogen and oxygen atoms in total. The van der Waals surface area contributed by atoms with Gasteiger partial charge in [0.15, 0.2) is 23.2 Å². The zero-order valence-electron chi connectivity index (χ0n) is 11.5. The van der Waals surface area contributed by atoms with E-state index in [-0.39, 0.29) is 23.4 Å². The molecule has 3 heterocycles. The van der Waals surface area contributed by atoms with E-state index in [2.05, 4.69) is 30.4 Å². The minimum Gasteiger partial charge on any atom is -0.420 e. The van der Waals surface area contributed by atoms with Crippen LogP contribution in [0.2, 0.25) is 0 Å². The first-order valence-corrected chi connectivity index (χ1v) is 6.30. The lowest BCUT2D eigenvalue weighted by Crippen LogP contribution is -2.14. The Hall–Kier alpha value is -3.56. The number of nitrogens with two attached hydrogens (primary N) is 1. The fraction of sp³-hybridized carbons (Fsp3) is 0. The van der Waals surface area contributed by atoms with Crippen LogP contribution in [0, 0.1) is 5.82 Å². The second-order valence-corrected chi connectivity index (χ2v) is 4.30. The van der Waals surface area contributed by atoms with Gasteiger partial charge in [0.25, 0.3) is 6.01 Å². The predicted molar refractivity (Wildman–Crippen MR) is 77.5 cm³/mol. The van der Waals surface area contributed by atoms with E-state index in [0.29, 0.717) is 11.4 Å². The highest BCUT2D eigenvalue weighted by molar-refractivity contribution is 5.95. The average Bonchev–Trinajstić information content (AvgIpc) is 3.04. The summed E-state index contributed by atoms with van der Waals surface area (Å²) in [6.45, 7) is 0. The lowest BCUT2D eigenvalue weighted by Gasteiger charge is -2.02. The van der Waals surface area contributed by atoms with Gasteiger partial charge >= 0.3 is 0 Å². The van der Waals surface area contributed by atoms with Crippen molar-refractivity contribution >= 4 is 17.5 Å². The fourth-order valence-electron chi connectivity index (χ4n) is 1.67. The molecular weight excluding hydrogens is 305 g/mol. The van der Waals surface area contributed by atoms with Crippen LogP contribution in [0.15, 0.2) is 46.5 Å². The Morgan fingerprint density at radius 2 is 1.91 bits per heavy atom. The van der Waals surface area contributed by atoms with Gasteiger partial charge in [0.05, 0.1) is 30.5 Å². The Bertz CT molecular complexity index is 830. The summed E-state index contributed by atoms with van der Waals surface area (Å²) in [7, 11) is 0. The minimum absolute atomic E-state index is 0.0941. The van der Waals surface area contributed by atoms with Crippen LogP contribution in [0.3, 0.4) is 0 Å². The summed E-state index contributed by atoms with van der Waals surface area (Å²) < 4.78 is 18.2. The van der Waals surface area contributed by atoms with Crippen molar-refractivity contribution in [3.63, 3.8) is 0 Å². The van der Waals surface area contributed by atoms with Gasteiger partial charge in [-0.25, -0.2) is 19.3 Å². The molecule has 3 rings (SSSR count). The van der Waals surface area contributed by atoms with Crippen LogP contribution in [0.5, 0.6) is 0 Å². The predicted octanol–water partition coefficient (Wildman–Crippen LogP) is 1.50. The second kappa shape index (κ2) is 6.05. The number of rotatable bonds is 4. The highest BCUT2D eigenvalue weighted by Gasteiger charge is 2.10. The smallest absolute Gasteiger partial charge is 0.299 e. The quantitative estimate of drug-likeness (QED) is 0.285. The molecule has 0 radical (unpaired) electrons. The lowest BCUT2D eigenvalue weighted by atomic mass is 10.3. The molecule has 0 aliphatic rings. The molecule has 10 heteroatoms. The van der Waals surface area contributed by atoms with Crippen LogP contribution in [0.1, 0.15) is 5.69 Å². The Morgan fingerprint density at radius 1 is 1.13 bits per heavy atom. The molecule has 3 aromatic rings. The van der Waals surface area contributed by atoms with Crippen LogP contribution in [-0.4, -0.2) is 31.0 Å². The van der Waals surface area contributed by atoms with E-state index in [1.165, 1.54) is 12.4 Å². The Balaban J connectivity index is 1.75. The second-order valence-electron chi connectivity index (χ2n) is 4.30. The number of hydrogen-bond acceptors (Lipinski definition) is 8. The molecule has 23 heavy (non-hydrogen) atoms. The van der Waals surface area contributed by atoms with Gasteiger partial charge in [-0.2, -0.15) is 0 Å². The maximum Gasteiger partial charge on any atom is 0.299 e. The zero-order valence-corrected chi connectivity index (χ0v) is 11.5. The average molecular weight is 315 g/mol. The van der Waals surface area contributed by atoms with Crippen LogP contribution in [0.4, 0.5) is 16.1 Å². The summed E-state index contributed by atoms with van der Waals surface area (Å²) in [6.07, 6.45) is 4.95. The molecule has 0 aliphatic carbocycles. The van der Waals surface area contributed by atoms with Gasteiger partial charge < -0.3 is 20.7 Å². The summed E-state index contributed by atoms with van der Waals surface area (Å²) in [6, 6.07) is 3.40. The first kappa shape index (κ1) is 14.4. The normalized spacial score (nSPS) is 11.4. The van der Waals surface area contributed by atoms with E-state index in [9.17, 15) is 4.39 Å². The summed E-state index contributed by atoms with van der Waals surface area (Å²) >= 11 is 0. The topological polar surface area (TPSA) is 135 Å². The van der Waals surface area contributed by atoms with Crippen molar-refractivity contribution in [1.82, 2.24) is 19.9 Å². The highest BCUT2D eigenvalue weighted by atomic mass is 19.1. The molecule has 0 amide bonds. The van der Waals surface area contributed by atoms with Crippen LogP contribution in [-0.2, 0) is 0 Å². The van der Waals surface area contributed by atoms with Gasteiger partial charge in [0.2, 0.25) is 0 Å². The van der Waals surface area contributed by atoms with Crippen molar-refractivity contribution in [2.75, 3.05) is 5.32 Å². The molecular formula is C13H10FN7O2. The van der Waals surface area contributed by atoms with Crippen molar-refractivity contribution in [3.8, 4) is 11.6 Å². The summed E-state index contributed by atoms with van der Waals surface area (Å²) in [5, 5.41) is 14.3. The number of amidine groups is 1. The number of nitrogens with zero attached hydrogens (tertiary/aromatic N) is 5. The van der Waals surface area contributed by atoms with Crippen molar-refractivity contribution in [2.24, 2.45) is 10.9 Å². The minimum atomic E-state index is -0.538. The molecule has 0 spiro atoms. The van der Waals surface area contributed by atoms with Gasteiger partial charge in [-0.1, -0.05) is 5.16 Å². The number of nitrogens with one attached hydrogen (secondary N) is 1. The molecule has 0 bridgehead atoms. The number of pyridine rings is 1. The Labute approximate surface area is 128 Å². The van der Waals surface area contributed by atoms with Crippen LogP contribution < -0.4 is 11.1 Å². The number of anilines is 2. The van der Waals surface area contributed by atoms with Crippen molar-refractivity contribution in [1.29, 1.82) is 0 Å². The Morgan fingerprint density at radius 3 is 2.57 bits per heavy atom. The van der Waals surface area contributed by atoms with Crippen LogP contribution >= 0.6 is 0 Å². The molecule has 0 aromatic carbocycles. The highest BCUT2D eigenvalue weighted by Crippen LogP contribution is 2.21. The number of hydrogen-bond donors (Lipinski definition) is 3. The molecule has 116 valence electrons. The SMILES string of the molecule is N/C(=N/O)c1ccc(Nc2ncc(-c3ncc(F)cn3)o2)cn1. The largest absolute Gasteiger partial charge is 0.420 e. The van der Waals surface area contributed by atoms with Crippen molar-refractivity contribution < 1.29 is 14.0 Å². The van der Waals surface area contributed by atoms with Gasteiger partial charge in [-0.3, -0.25) is 4.98 Å². The first-order chi connectivity index (χ1) is 11.2. The van der Waals surface area contributed by atoms with E-state index in [1.807, 2.05) is 0 Å². The Kier molecular flexibility index (Phi) is 3.78. The van der Waals surface area contributed by atoms with Gasteiger partial charge in [-0.15, -0.1) is 0 Å². The van der Waals surface area contributed by atoms with Crippen molar-refractivity contribution in [3.05, 3.63) is 48.4 Å². The monoisotopic (exact) mass is 315 g/mol. The van der Waals surface area contributed by atoms with E-state index in [4.69, 9.17) is 15.4 Å². The number of halogens is 1. The maximum absolute atomic E-state index is 12.8. The van der Waals surface area contributed by atoms with Crippen molar-refractivity contribution in [2.45, 2.75) is 0 Å². The first-order valence-electron chi connectivity index (χ1n) is 6.30. The van der Waals surface area contributed by atoms with E-state index in [0.717, 1.165) is 12.4 Å². The fourth-order valence-corrected chi connectivity index (χ4v) is 1.67. The number of oxime groups is 1. The van der Waals surface area contributed by atoms with Crippen LogP contribution in [0.25, 0.3) is 11.6 Å². The molecule has 0 fully saturated rings. The lowest BCUT2D eigenvalue weighted by molar-refractivity contribution is 0.318. The molecule has 3 aromatic heterocycles. The molecule has 0 aliphatic heterocycles. The standard InChI is InChI=1S/C13H10FN7O2/c14-7-3-17-12(18-4-7)10-6-19-13(23-10)20-8-1-2-9(16-5-8)11(15)21-22/h1-6,22H,(H2,15,21)(H,19,20). The third-order valence-corrected chi connectivity index (χ3v) is 2.73. The summed E-state index contributed by atoms with van der Waals surface area (Å²) in [5.74, 6) is -0.132. The van der Waals surface area contributed by atoms with Gasteiger partial charge in [-0.05, 0) is 12.1 Å². The molecule has 0 unspecified atom stereocenters. The third-order valence-electron chi connectivity index (χ3n) is 2.73. The summed E-state index contributed by atoms with van der Waals surface area (Å²) in [5.41, 5.74) is 6.32. The van der Waals surface area contributed by atoms with E-state index >= 15 is 0 Å². The van der Waals surface area contributed by atoms with E-state index < -0.39 is 5.82 Å². The molecule has 0 atom stereocenters. The third kappa shape index (κ3) is 3.20. The maximum atomic E-state index is 12.8. The molecule has 0 saturated heterocycles. The summed E-state index contributed by atoms with van der Waals surface area (Å²) in [4.78, 5) is 15.6. The van der Waals surface area contributed by atoms with E-state index in [1.54, 1.807) is 12.1 Å². The zero-order chi connectivity index (χ0) is 16.2. The van der Waals surface area contributed by atoms with Gasteiger partial charge in [0, 0.05) is 0 Å². The number of aromatic nitrogens is 4. The number of oxazole rings is 1.